The second-order valence-corrected chi connectivity index (χ2v) is 9.98. The van der Waals surface area contributed by atoms with Crippen molar-refractivity contribution in [2.75, 3.05) is 11.9 Å². The third-order valence-electron chi connectivity index (χ3n) is 6.32. The van der Waals surface area contributed by atoms with E-state index in [2.05, 4.69) is 21.2 Å². The number of hydrogen-bond acceptors (Lipinski definition) is 6. The first-order valence-electron chi connectivity index (χ1n) is 10.5. The highest BCUT2D eigenvalue weighted by molar-refractivity contribution is 9.10. The Balaban J connectivity index is 1.64. The number of nitrogens with one attached hydrogen (secondary N) is 1. The fraction of sp³-hybridized carbons (Fsp3) is 0.435. The molecule has 0 unspecified atom stereocenters. The molecule has 31 heavy (non-hydrogen) atoms. The zero-order valence-electron chi connectivity index (χ0n) is 17.1. The summed E-state index contributed by atoms with van der Waals surface area (Å²) in [5, 5.41) is 16.8. The van der Waals surface area contributed by atoms with Crippen LogP contribution < -0.4 is 10.4 Å². The fourth-order valence-corrected chi connectivity index (χ4v) is 6.19. The van der Waals surface area contributed by atoms with Crippen LogP contribution in [0.5, 0.6) is 0 Å². The molecule has 2 saturated carbocycles. The van der Waals surface area contributed by atoms with Gasteiger partial charge in [-0.2, -0.15) is 0 Å². The number of fused-ring (bicyclic) bond motifs is 2. The maximum Gasteiger partial charge on any atom is 0.341 e. The van der Waals surface area contributed by atoms with Crippen LogP contribution >= 0.6 is 27.3 Å². The van der Waals surface area contributed by atoms with Crippen molar-refractivity contribution in [3.8, 4) is 11.1 Å². The molecule has 2 aliphatic rings. The molecule has 2 bridgehead atoms. The normalized spacial score (nSPS) is 24.2. The molecule has 1 heterocycles. The molecule has 1 N–H and O–H groups in total. The van der Waals surface area contributed by atoms with Crippen LogP contribution in [0.4, 0.5) is 5.00 Å². The van der Waals surface area contributed by atoms with Crippen LogP contribution in [0, 0.1) is 23.7 Å². The Morgan fingerprint density at radius 3 is 2.48 bits per heavy atom. The van der Waals surface area contributed by atoms with Gasteiger partial charge >= 0.3 is 5.97 Å². The molecule has 2 fully saturated rings. The Labute approximate surface area is 193 Å². The Hall–Kier alpha value is -2.19. The summed E-state index contributed by atoms with van der Waals surface area (Å²) in [4.78, 5) is 37.7. The molecular formula is C23H23BrNO5S-. The van der Waals surface area contributed by atoms with Crippen LogP contribution in [0.2, 0.25) is 0 Å². The van der Waals surface area contributed by atoms with Crippen molar-refractivity contribution in [3.05, 3.63) is 39.7 Å². The number of anilines is 1. The summed E-state index contributed by atoms with van der Waals surface area (Å²) in [7, 11) is 0. The van der Waals surface area contributed by atoms with Gasteiger partial charge in [-0.15, -0.1) is 11.3 Å². The first-order valence-corrected chi connectivity index (χ1v) is 12.1. The minimum absolute atomic E-state index is 0.00130. The summed E-state index contributed by atoms with van der Waals surface area (Å²) >= 11 is 4.66. The van der Waals surface area contributed by atoms with Crippen molar-refractivity contribution in [2.24, 2.45) is 23.7 Å². The first-order chi connectivity index (χ1) is 14.9. The largest absolute Gasteiger partial charge is 0.550 e. The number of amides is 1. The molecule has 1 aromatic heterocycles. The predicted octanol–water partition coefficient (Wildman–Crippen LogP) is 4.10. The zero-order chi connectivity index (χ0) is 22.1. The van der Waals surface area contributed by atoms with Crippen molar-refractivity contribution >= 4 is 50.1 Å². The average Bonchev–Trinajstić information content (AvgIpc) is 3.47. The maximum atomic E-state index is 13.1. The number of thiophene rings is 1. The van der Waals surface area contributed by atoms with E-state index < -0.39 is 23.8 Å². The summed E-state index contributed by atoms with van der Waals surface area (Å²) in [6.07, 6.45) is 3.11. The molecule has 6 nitrogen and oxygen atoms in total. The SMILES string of the molecule is CCCOC(=O)c1c(-c2ccc(Br)cc2)csc1NC(=O)[C@H]1[C@@H]2CC[C@H](C2)[C@@H]1C(=O)[O-]. The molecule has 2 aromatic rings. The number of carboxylic acid groups (broad SMARTS) is 1. The second kappa shape index (κ2) is 9.12. The number of carbonyl (C=O) groups is 3. The molecule has 8 heteroatoms. The highest BCUT2D eigenvalue weighted by Gasteiger charge is 2.51. The molecule has 0 saturated heterocycles. The lowest BCUT2D eigenvalue weighted by molar-refractivity contribution is -0.314. The predicted molar refractivity (Wildman–Crippen MR) is 119 cm³/mol. The number of hydrogen-bond donors (Lipinski definition) is 1. The molecule has 1 amide bonds. The molecule has 0 spiro atoms. The van der Waals surface area contributed by atoms with Gasteiger partial charge in [-0.1, -0.05) is 35.0 Å². The first kappa shape index (κ1) is 22.0. The van der Waals surface area contributed by atoms with Gasteiger partial charge in [0.1, 0.15) is 10.6 Å². The van der Waals surface area contributed by atoms with Crippen LogP contribution in [-0.2, 0) is 14.3 Å². The Bertz CT molecular complexity index is 1000. The van der Waals surface area contributed by atoms with Gasteiger partial charge in [-0.3, -0.25) is 4.79 Å². The molecule has 2 aliphatic carbocycles. The molecule has 1 aromatic carbocycles. The van der Waals surface area contributed by atoms with Gasteiger partial charge in [-0.25, -0.2) is 4.79 Å². The second-order valence-electron chi connectivity index (χ2n) is 8.19. The van der Waals surface area contributed by atoms with Crippen molar-refractivity contribution < 1.29 is 24.2 Å². The zero-order valence-corrected chi connectivity index (χ0v) is 19.5. The quantitative estimate of drug-likeness (QED) is 0.572. The number of carbonyl (C=O) groups excluding carboxylic acids is 3. The number of benzene rings is 1. The van der Waals surface area contributed by atoms with Crippen molar-refractivity contribution in [1.82, 2.24) is 0 Å². The summed E-state index contributed by atoms with van der Waals surface area (Å²) in [5.74, 6) is -3.34. The van der Waals surface area contributed by atoms with Crippen LogP contribution in [0.15, 0.2) is 34.1 Å². The molecule has 164 valence electrons. The number of carboxylic acids is 1. The standard InChI is InChI=1S/C23H24BrNO5S/c1-2-9-30-23(29)19-16(12-5-7-15(24)8-6-12)11-31-21(19)25-20(26)17-13-3-4-14(10-13)18(17)22(27)28/h5-8,11,13-14,17-18H,2-4,9-10H2,1H3,(H,25,26)(H,27,28)/p-1/t13-,14-,17+,18+/m1/s1. The summed E-state index contributed by atoms with van der Waals surface area (Å²) in [6, 6.07) is 7.53. The minimum atomic E-state index is -1.16. The maximum absolute atomic E-state index is 13.1. The lowest BCUT2D eigenvalue weighted by Gasteiger charge is -2.30. The Morgan fingerprint density at radius 2 is 1.84 bits per heavy atom. The van der Waals surface area contributed by atoms with E-state index in [1.54, 1.807) is 0 Å². The summed E-state index contributed by atoms with van der Waals surface area (Å²) in [5.41, 5.74) is 1.82. The van der Waals surface area contributed by atoms with Crippen LogP contribution in [-0.4, -0.2) is 24.5 Å². The van der Waals surface area contributed by atoms with Gasteiger partial charge in [0.2, 0.25) is 5.91 Å². The molecule has 4 rings (SSSR count). The van der Waals surface area contributed by atoms with Gasteiger partial charge in [0.15, 0.2) is 0 Å². The van der Waals surface area contributed by atoms with Gasteiger partial charge in [-0.05, 0) is 55.2 Å². The van der Waals surface area contributed by atoms with E-state index in [4.69, 9.17) is 4.74 Å². The number of halogens is 1. The van der Waals surface area contributed by atoms with E-state index in [0.29, 0.717) is 22.5 Å². The fourth-order valence-electron chi connectivity index (χ4n) is 4.96. The highest BCUT2D eigenvalue weighted by atomic mass is 79.9. The summed E-state index contributed by atoms with van der Waals surface area (Å²) < 4.78 is 6.30. The van der Waals surface area contributed by atoms with Gasteiger partial charge in [0.05, 0.1) is 6.61 Å². The van der Waals surface area contributed by atoms with E-state index in [1.165, 1.54) is 11.3 Å². The van der Waals surface area contributed by atoms with E-state index in [1.807, 2.05) is 36.6 Å². The van der Waals surface area contributed by atoms with Crippen molar-refractivity contribution in [3.63, 3.8) is 0 Å². The molecule has 0 radical (unpaired) electrons. The smallest absolute Gasteiger partial charge is 0.341 e. The van der Waals surface area contributed by atoms with Gasteiger partial charge < -0.3 is 20.0 Å². The lowest BCUT2D eigenvalue weighted by Crippen LogP contribution is -2.44. The number of ether oxygens (including phenoxy) is 1. The molecule has 4 atom stereocenters. The monoisotopic (exact) mass is 504 g/mol. The third kappa shape index (κ3) is 4.28. The number of esters is 1. The number of aliphatic carboxylic acids is 1. The number of rotatable bonds is 7. The average molecular weight is 505 g/mol. The van der Waals surface area contributed by atoms with E-state index in [9.17, 15) is 19.5 Å². The van der Waals surface area contributed by atoms with Gasteiger partial charge in [0, 0.05) is 33.2 Å². The lowest BCUT2D eigenvalue weighted by atomic mass is 9.79. The van der Waals surface area contributed by atoms with E-state index in [0.717, 1.165) is 29.3 Å². The minimum Gasteiger partial charge on any atom is -0.550 e. The Kier molecular flexibility index (Phi) is 6.48. The van der Waals surface area contributed by atoms with Crippen molar-refractivity contribution in [2.45, 2.75) is 32.6 Å². The molecule has 0 aliphatic heterocycles. The highest BCUT2D eigenvalue weighted by Crippen LogP contribution is 2.52. The van der Waals surface area contributed by atoms with Crippen LogP contribution in [0.1, 0.15) is 43.0 Å². The van der Waals surface area contributed by atoms with E-state index >= 15 is 0 Å². The topological polar surface area (TPSA) is 95.5 Å². The third-order valence-corrected chi connectivity index (χ3v) is 7.74. The van der Waals surface area contributed by atoms with Gasteiger partial charge in [0.25, 0.3) is 0 Å². The summed E-state index contributed by atoms with van der Waals surface area (Å²) in [6.45, 7) is 2.19. The van der Waals surface area contributed by atoms with Crippen LogP contribution in [0.3, 0.4) is 0 Å². The van der Waals surface area contributed by atoms with E-state index in [-0.39, 0.29) is 24.3 Å². The Morgan fingerprint density at radius 1 is 1.16 bits per heavy atom. The van der Waals surface area contributed by atoms with Crippen molar-refractivity contribution in [1.29, 1.82) is 0 Å². The van der Waals surface area contributed by atoms with Crippen LogP contribution in [0.25, 0.3) is 11.1 Å². The molecular weight excluding hydrogens is 482 g/mol.